The van der Waals surface area contributed by atoms with E-state index in [1.165, 1.54) is 43.5 Å². The van der Waals surface area contributed by atoms with Gasteiger partial charge >= 0.3 is 11.9 Å². The van der Waals surface area contributed by atoms with E-state index >= 15 is 0 Å². The van der Waals surface area contributed by atoms with Gasteiger partial charge in [0.25, 0.3) is 11.4 Å². The van der Waals surface area contributed by atoms with Crippen LogP contribution in [0.1, 0.15) is 11.1 Å². The third-order valence-corrected chi connectivity index (χ3v) is 6.30. The van der Waals surface area contributed by atoms with Crippen LogP contribution in [0.5, 0.6) is 5.75 Å². The second-order valence-corrected chi connectivity index (χ2v) is 9.07. The van der Waals surface area contributed by atoms with Gasteiger partial charge in [0, 0.05) is 29.3 Å². The molecule has 0 aliphatic rings. The Bertz CT molecular complexity index is 1600. The Morgan fingerprint density at radius 1 is 0.700 bits per heavy atom. The maximum Gasteiger partial charge on any atom is 0.317 e. The van der Waals surface area contributed by atoms with Gasteiger partial charge in [-0.3, -0.25) is 29.8 Å². The summed E-state index contributed by atoms with van der Waals surface area (Å²) in [5, 5.41) is 23.2. The number of carbonyl (C=O) groups excluding carboxylic acids is 2. The van der Waals surface area contributed by atoms with Crippen LogP contribution in [0.15, 0.2) is 84.9 Å². The van der Waals surface area contributed by atoms with Crippen molar-refractivity contribution >= 4 is 34.9 Å². The summed E-state index contributed by atoms with van der Waals surface area (Å²) in [6.07, 6.45) is -0.848. The van der Waals surface area contributed by atoms with Crippen LogP contribution in [0.4, 0.5) is 11.4 Å². The largest absolute Gasteiger partial charge is 0.497 e. The van der Waals surface area contributed by atoms with Crippen molar-refractivity contribution < 1.29 is 28.9 Å². The molecule has 0 amide bonds. The highest BCUT2D eigenvalue weighted by molar-refractivity contribution is 6.30. The molecule has 4 rings (SSSR count). The van der Waals surface area contributed by atoms with Gasteiger partial charge in [0.2, 0.25) is 0 Å². The Labute approximate surface area is 233 Å². The first kappa shape index (κ1) is 27.9. The molecule has 0 spiro atoms. The lowest BCUT2D eigenvalue weighted by atomic mass is 9.96. The highest BCUT2D eigenvalue weighted by atomic mass is 35.5. The molecule has 0 radical (unpaired) electrons. The number of hydrogen-bond donors (Lipinski definition) is 0. The number of methoxy groups -OCH3 is 1. The van der Waals surface area contributed by atoms with Crippen molar-refractivity contribution in [3.63, 3.8) is 0 Å². The molecule has 0 unspecified atom stereocenters. The summed E-state index contributed by atoms with van der Waals surface area (Å²) in [7, 11) is 1.52. The number of carbonyl (C=O) groups is 2. The van der Waals surface area contributed by atoms with E-state index in [9.17, 15) is 29.8 Å². The number of non-ortho nitro benzene ring substituents is 2. The monoisotopic (exact) mass is 560 g/mol. The fourth-order valence-corrected chi connectivity index (χ4v) is 4.28. The molecular weight excluding hydrogens is 540 g/mol. The van der Waals surface area contributed by atoms with E-state index in [4.69, 9.17) is 21.1 Å². The quantitative estimate of drug-likeness (QED) is 0.0997. The molecule has 202 valence electrons. The predicted octanol–water partition coefficient (Wildman–Crippen LogP) is 6.35. The second-order valence-electron chi connectivity index (χ2n) is 8.63. The highest BCUT2D eigenvalue weighted by Crippen LogP contribution is 2.31. The fraction of sp³-hybridized carbons (Fsp3) is 0.103. The van der Waals surface area contributed by atoms with Crippen LogP contribution >= 0.6 is 11.6 Å². The van der Waals surface area contributed by atoms with Gasteiger partial charge in [-0.1, -0.05) is 35.9 Å². The van der Waals surface area contributed by atoms with Crippen molar-refractivity contribution in [3.8, 4) is 28.0 Å². The molecule has 0 aliphatic heterocycles. The van der Waals surface area contributed by atoms with Gasteiger partial charge in [-0.05, 0) is 69.8 Å². The van der Waals surface area contributed by atoms with Crippen LogP contribution in [0.25, 0.3) is 22.3 Å². The molecule has 10 nitrogen and oxygen atoms in total. The van der Waals surface area contributed by atoms with Crippen LogP contribution < -0.4 is 4.74 Å². The van der Waals surface area contributed by atoms with Crippen LogP contribution in [0, 0.1) is 20.2 Å². The van der Waals surface area contributed by atoms with Crippen molar-refractivity contribution in [3.05, 3.63) is 121 Å². The SMILES string of the molecule is COc1ccc(-c2ccc([N+](=O)[O-])cc2CC(=O)OC(=O)Cc2cc([N+](=O)[O-])ccc2-c2ccc(Cl)cc2)cc1. The van der Waals surface area contributed by atoms with E-state index < -0.39 is 34.6 Å². The van der Waals surface area contributed by atoms with Gasteiger partial charge in [-0.2, -0.15) is 0 Å². The average molecular weight is 561 g/mol. The maximum absolute atomic E-state index is 12.8. The number of nitro groups is 2. The smallest absolute Gasteiger partial charge is 0.317 e. The molecule has 0 fully saturated rings. The Balaban J connectivity index is 1.57. The molecule has 11 heteroatoms. The fourth-order valence-electron chi connectivity index (χ4n) is 4.15. The molecule has 0 N–H and O–H groups in total. The number of halogens is 1. The van der Waals surface area contributed by atoms with Crippen molar-refractivity contribution in [1.82, 2.24) is 0 Å². The molecule has 0 saturated carbocycles. The normalized spacial score (nSPS) is 10.6. The number of benzene rings is 4. The molecular formula is C29H21ClN2O8. The zero-order valence-electron chi connectivity index (χ0n) is 21.0. The van der Waals surface area contributed by atoms with Crippen LogP contribution in [0.2, 0.25) is 5.02 Å². The first-order valence-electron chi connectivity index (χ1n) is 11.8. The standard InChI is InChI=1S/C29H21ClN2O8/c1-39-25-10-4-19(5-11-25)27-13-9-24(32(37)38)15-21(27)17-29(34)40-28(33)16-20-14-23(31(35)36)8-12-26(20)18-2-6-22(30)7-3-18/h2-15H,16-17H2,1H3. The highest BCUT2D eigenvalue weighted by Gasteiger charge is 2.20. The lowest BCUT2D eigenvalue weighted by Gasteiger charge is -2.12. The number of rotatable bonds is 9. The van der Waals surface area contributed by atoms with Gasteiger partial charge in [-0.25, -0.2) is 0 Å². The minimum absolute atomic E-state index is 0.226. The average Bonchev–Trinajstić information content (AvgIpc) is 2.93. The molecule has 0 aliphatic carbocycles. The van der Waals surface area contributed by atoms with Crippen molar-refractivity contribution in [1.29, 1.82) is 0 Å². The van der Waals surface area contributed by atoms with Crippen LogP contribution in [-0.2, 0) is 27.2 Å². The first-order valence-corrected chi connectivity index (χ1v) is 12.2. The lowest BCUT2D eigenvalue weighted by Crippen LogP contribution is -2.17. The van der Waals surface area contributed by atoms with E-state index in [-0.39, 0.29) is 22.5 Å². The van der Waals surface area contributed by atoms with Crippen LogP contribution in [0.3, 0.4) is 0 Å². The Hall–Kier alpha value is -5.09. The number of nitrogens with zero attached hydrogens (tertiary/aromatic N) is 2. The van der Waals surface area contributed by atoms with E-state index in [1.807, 2.05) is 0 Å². The summed E-state index contributed by atoms with van der Waals surface area (Å²) >= 11 is 5.96. The topological polar surface area (TPSA) is 139 Å². The maximum atomic E-state index is 12.8. The molecule has 40 heavy (non-hydrogen) atoms. The predicted molar refractivity (Wildman–Crippen MR) is 147 cm³/mol. The summed E-state index contributed by atoms with van der Waals surface area (Å²) in [5.74, 6) is -1.26. The van der Waals surface area contributed by atoms with Crippen molar-refractivity contribution in [2.75, 3.05) is 7.11 Å². The van der Waals surface area contributed by atoms with E-state index in [2.05, 4.69) is 0 Å². The Morgan fingerprint density at radius 3 is 1.52 bits per heavy atom. The number of hydrogen-bond acceptors (Lipinski definition) is 8. The van der Waals surface area contributed by atoms with Gasteiger partial charge in [0.05, 0.1) is 29.8 Å². The lowest BCUT2D eigenvalue weighted by molar-refractivity contribution is -0.385. The van der Waals surface area contributed by atoms with Gasteiger partial charge in [0.1, 0.15) is 5.75 Å². The minimum Gasteiger partial charge on any atom is -0.497 e. The molecule has 0 atom stereocenters. The van der Waals surface area contributed by atoms with E-state index in [0.29, 0.717) is 33.0 Å². The third kappa shape index (κ3) is 6.66. The first-order chi connectivity index (χ1) is 19.1. The summed E-state index contributed by atoms with van der Waals surface area (Å²) in [6.45, 7) is 0. The molecule has 0 aromatic heterocycles. The zero-order chi connectivity index (χ0) is 28.8. The van der Waals surface area contributed by atoms with Gasteiger partial charge < -0.3 is 9.47 Å². The molecule has 0 heterocycles. The van der Waals surface area contributed by atoms with Crippen molar-refractivity contribution in [2.45, 2.75) is 12.8 Å². The van der Waals surface area contributed by atoms with Gasteiger partial charge in [0.15, 0.2) is 0 Å². The summed E-state index contributed by atoms with van der Waals surface area (Å²) in [4.78, 5) is 47.1. The number of ether oxygens (including phenoxy) is 2. The molecule has 4 aromatic carbocycles. The van der Waals surface area contributed by atoms with Crippen LogP contribution in [-0.4, -0.2) is 28.9 Å². The van der Waals surface area contributed by atoms with Gasteiger partial charge in [-0.15, -0.1) is 0 Å². The number of nitro benzene ring substituents is 2. The second kappa shape index (κ2) is 12.2. The summed E-state index contributed by atoms with van der Waals surface area (Å²) < 4.78 is 10.2. The summed E-state index contributed by atoms with van der Waals surface area (Å²) in [5.41, 5.74) is 2.53. The Kier molecular flexibility index (Phi) is 8.51. The zero-order valence-corrected chi connectivity index (χ0v) is 21.8. The summed E-state index contributed by atoms with van der Waals surface area (Å²) in [6, 6.07) is 21.7. The third-order valence-electron chi connectivity index (χ3n) is 6.05. The molecule has 4 aromatic rings. The number of esters is 2. The van der Waals surface area contributed by atoms with E-state index in [1.54, 1.807) is 48.5 Å². The minimum atomic E-state index is -0.933. The van der Waals surface area contributed by atoms with Crippen molar-refractivity contribution in [2.24, 2.45) is 0 Å². The Morgan fingerprint density at radius 2 is 1.12 bits per heavy atom. The molecule has 0 bridgehead atoms. The molecule has 0 saturated heterocycles. The van der Waals surface area contributed by atoms with E-state index in [0.717, 1.165) is 0 Å².